The molecule has 1 aliphatic carbocycles. The Morgan fingerprint density at radius 3 is 2.55 bits per heavy atom. The van der Waals surface area contributed by atoms with Crippen LogP contribution in [0.15, 0.2) is 24.3 Å². The van der Waals surface area contributed by atoms with E-state index in [1.165, 1.54) is 24.0 Å². The number of nitrogens with zero attached hydrogens (tertiary/aromatic N) is 4. The van der Waals surface area contributed by atoms with Crippen molar-refractivity contribution in [1.29, 1.82) is 0 Å². The molecule has 2 aliphatic rings. The third kappa shape index (κ3) is 5.17. The number of aromatic nitrogens is 2. The molecule has 6 nitrogen and oxygen atoms in total. The summed E-state index contributed by atoms with van der Waals surface area (Å²) in [5.41, 5.74) is 3.44. The van der Waals surface area contributed by atoms with Gasteiger partial charge in [-0.2, -0.15) is 0 Å². The van der Waals surface area contributed by atoms with Gasteiger partial charge in [0.15, 0.2) is 0 Å². The van der Waals surface area contributed by atoms with E-state index in [-0.39, 0.29) is 5.91 Å². The van der Waals surface area contributed by atoms with E-state index in [0.29, 0.717) is 18.3 Å². The second-order valence-corrected chi connectivity index (χ2v) is 9.24. The highest BCUT2D eigenvalue weighted by Gasteiger charge is 2.30. The van der Waals surface area contributed by atoms with Crippen molar-refractivity contribution < 1.29 is 9.53 Å². The summed E-state index contributed by atoms with van der Waals surface area (Å²) in [6.45, 7) is 9.45. The monoisotopic (exact) mass is 422 g/mol. The zero-order valence-corrected chi connectivity index (χ0v) is 19.2. The fourth-order valence-electron chi connectivity index (χ4n) is 4.23. The number of aryl methyl sites for hydroxylation is 1. The number of anilines is 1. The number of carbonyl (C=O) groups is 1. The summed E-state index contributed by atoms with van der Waals surface area (Å²) in [7, 11) is 1.70. The zero-order chi connectivity index (χ0) is 22.0. The molecule has 2 aromatic rings. The van der Waals surface area contributed by atoms with Gasteiger partial charge in [-0.15, -0.1) is 0 Å². The molecule has 1 amide bonds. The Labute approximate surface area is 185 Å². The molecule has 0 radical (unpaired) electrons. The van der Waals surface area contributed by atoms with Gasteiger partial charge < -0.3 is 14.5 Å². The fourth-order valence-corrected chi connectivity index (χ4v) is 4.23. The molecular weight excluding hydrogens is 388 g/mol. The Morgan fingerprint density at radius 2 is 1.90 bits per heavy atom. The topological polar surface area (TPSA) is 58.6 Å². The van der Waals surface area contributed by atoms with Crippen LogP contribution in [0.4, 0.5) is 5.82 Å². The summed E-state index contributed by atoms with van der Waals surface area (Å²) in [6, 6.07) is 8.21. The first-order valence-corrected chi connectivity index (χ1v) is 11.5. The summed E-state index contributed by atoms with van der Waals surface area (Å²) in [5, 5.41) is 0. The van der Waals surface area contributed by atoms with Gasteiger partial charge in [-0.3, -0.25) is 4.79 Å². The Bertz CT molecular complexity index is 931. The van der Waals surface area contributed by atoms with Crippen LogP contribution in [0.1, 0.15) is 61.7 Å². The van der Waals surface area contributed by atoms with Gasteiger partial charge in [-0.05, 0) is 43.4 Å². The first-order chi connectivity index (χ1) is 14.9. The predicted molar refractivity (Wildman–Crippen MR) is 123 cm³/mol. The van der Waals surface area contributed by atoms with Crippen molar-refractivity contribution in [2.45, 2.75) is 52.4 Å². The highest BCUT2D eigenvalue weighted by atomic mass is 16.5. The molecule has 1 saturated heterocycles. The molecule has 1 aliphatic heterocycles. The number of hydrogen-bond donors (Lipinski definition) is 0. The van der Waals surface area contributed by atoms with Crippen molar-refractivity contribution >= 4 is 11.7 Å². The maximum Gasteiger partial charge on any atom is 0.222 e. The third-order valence-electron chi connectivity index (χ3n) is 6.18. The Balaban J connectivity index is 1.57. The average molecular weight is 423 g/mol. The number of piperazine rings is 1. The molecule has 0 bridgehead atoms. The third-order valence-corrected chi connectivity index (χ3v) is 6.18. The number of hydrogen-bond acceptors (Lipinski definition) is 5. The van der Waals surface area contributed by atoms with E-state index in [1.807, 2.05) is 17.0 Å². The molecule has 2 fully saturated rings. The highest BCUT2D eigenvalue weighted by Crippen LogP contribution is 2.39. The second kappa shape index (κ2) is 9.25. The molecule has 31 heavy (non-hydrogen) atoms. The average Bonchev–Trinajstić information content (AvgIpc) is 3.60. The van der Waals surface area contributed by atoms with Crippen LogP contribution in [-0.2, 0) is 11.2 Å². The largest absolute Gasteiger partial charge is 0.497 e. The molecule has 1 aromatic carbocycles. The standard InChI is InChI=1S/C25H34N4O2/c1-17(2)14-23(30)28-10-12-29(13-11-28)25-22(16-19-6-5-7-21(15-19)31-4)18(3)26-24(27-25)20-8-9-20/h5-7,15,17,20H,8-14,16H2,1-4H3. The predicted octanol–water partition coefficient (Wildman–Crippen LogP) is 3.96. The Kier molecular flexibility index (Phi) is 6.44. The van der Waals surface area contributed by atoms with Crippen molar-refractivity contribution in [2.75, 3.05) is 38.2 Å². The van der Waals surface area contributed by atoms with Crippen LogP contribution >= 0.6 is 0 Å². The van der Waals surface area contributed by atoms with Crippen molar-refractivity contribution in [3.05, 3.63) is 46.9 Å². The van der Waals surface area contributed by atoms with Gasteiger partial charge in [0.25, 0.3) is 0 Å². The van der Waals surface area contributed by atoms with E-state index in [1.54, 1.807) is 7.11 Å². The van der Waals surface area contributed by atoms with Gasteiger partial charge in [-0.25, -0.2) is 9.97 Å². The van der Waals surface area contributed by atoms with Gasteiger partial charge >= 0.3 is 0 Å². The van der Waals surface area contributed by atoms with E-state index < -0.39 is 0 Å². The van der Waals surface area contributed by atoms with Crippen LogP contribution in [0, 0.1) is 12.8 Å². The van der Waals surface area contributed by atoms with Crippen LogP contribution in [0.3, 0.4) is 0 Å². The van der Waals surface area contributed by atoms with Crippen LogP contribution in [0.25, 0.3) is 0 Å². The molecule has 1 saturated carbocycles. The SMILES string of the molecule is COc1cccc(Cc2c(C)nc(C3CC3)nc2N2CCN(C(=O)CC(C)C)CC2)c1. The first kappa shape index (κ1) is 21.6. The maximum absolute atomic E-state index is 12.5. The van der Waals surface area contributed by atoms with Crippen LogP contribution < -0.4 is 9.64 Å². The summed E-state index contributed by atoms with van der Waals surface area (Å²) >= 11 is 0. The summed E-state index contributed by atoms with van der Waals surface area (Å²) in [5.74, 6) is 4.07. The van der Waals surface area contributed by atoms with Gasteiger partial charge in [0.2, 0.25) is 5.91 Å². The quantitative estimate of drug-likeness (QED) is 0.676. The van der Waals surface area contributed by atoms with E-state index in [4.69, 9.17) is 14.7 Å². The number of carbonyl (C=O) groups excluding carboxylic acids is 1. The molecule has 0 atom stereocenters. The van der Waals surface area contributed by atoms with Crippen molar-refractivity contribution in [3.63, 3.8) is 0 Å². The lowest BCUT2D eigenvalue weighted by Crippen LogP contribution is -2.49. The summed E-state index contributed by atoms with van der Waals surface area (Å²) in [4.78, 5) is 26.8. The molecular formula is C25H34N4O2. The van der Waals surface area contributed by atoms with E-state index in [2.05, 4.69) is 37.8 Å². The van der Waals surface area contributed by atoms with Crippen molar-refractivity contribution in [1.82, 2.24) is 14.9 Å². The molecule has 0 unspecified atom stereocenters. The molecule has 2 heterocycles. The number of rotatable bonds is 7. The number of ether oxygens (including phenoxy) is 1. The normalized spacial score (nSPS) is 16.7. The van der Waals surface area contributed by atoms with Gasteiger partial charge in [0, 0.05) is 56.2 Å². The van der Waals surface area contributed by atoms with E-state index in [9.17, 15) is 4.79 Å². The molecule has 166 valence electrons. The van der Waals surface area contributed by atoms with Crippen LogP contribution in [0.2, 0.25) is 0 Å². The van der Waals surface area contributed by atoms with Gasteiger partial charge in [0.1, 0.15) is 17.4 Å². The summed E-state index contributed by atoms with van der Waals surface area (Å²) < 4.78 is 5.41. The minimum atomic E-state index is 0.267. The van der Waals surface area contributed by atoms with Gasteiger partial charge in [-0.1, -0.05) is 26.0 Å². The lowest BCUT2D eigenvalue weighted by molar-refractivity contribution is -0.132. The number of amides is 1. The zero-order valence-electron chi connectivity index (χ0n) is 19.2. The van der Waals surface area contributed by atoms with Crippen molar-refractivity contribution in [3.8, 4) is 5.75 Å². The minimum absolute atomic E-state index is 0.267. The lowest BCUT2D eigenvalue weighted by atomic mass is 10.0. The molecule has 0 N–H and O–H groups in total. The summed E-state index contributed by atoms with van der Waals surface area (Å²) in [6.07, 6.45) is 3.77. The second-order valence-electron chi connectivity index (χ2n) is 9.24. The number of methoxy groups -OCH3 is 1. The smallest absolute Gasteiger partial charge is 0.222 e. The van der Waals surface area contributed by atoms with E-state index >= 15 is 0 Å². The van der Waals surface area contributed by atoms with Gasteiger partial charge in [0.05, 0.1) is 7.11 Å². The highest BCUT2D eigenvalue weighted by molar-refractivity contribution is 5.76. The molecule has 4 rings (SSSR count). The Hall–Kier alpha value is -2.63. The van der Waals surface area contributed by atoms with E-state index in [0.717, 1.165) is 55.7 Å². The Morgan fingerprint density at radius 1 is 1.16 bits per heavy atom. The van der Waals surface area contributed by atoms with Crippen molar-refractivity contribution in [2.24, 2.45) is 5.92 Å². The molecule has 6 heteroatoms. The first-order valence-electron chi connectivity index (χ1n) is 11.5. The molecule has 0 spiro atoms. The fraction of sp³-hybridized carbons (Fsp3) is 0.560. The van der Waals surface area contributed by atoms with Crippen LogP contribution in [-0.4, -0.2) is 54.1 Å². The van der Waals surface area contributed by atoms with Crippen LogP contribution in [0.5, 0.6) is 5.75 Å². The maximum atomic E-state index is 12.5. The minimum Gasteiger partial charge on any atom is -0.497 e. The lowest BCUT2D eigenvalue weighted by Gasteiger charge is -2.37. The molecule has 1 aromatic heterocycles. The number of benzene rings is 1.